The number of amides is 1. The molecule has 0 saturated carbocycles. The van der Waals surface area contributed by atoms with Gasteiger partial charge in [-0.1, -0.05) is 13.8 Å². The van der Waals surface area contributed by atoms with Gasteiger partial charge in [0.05, 0.1) is 18.8 Å². The van der Waals surface area contributed by atoms with Gasteiger partial charge in [-0.25, -0.2) is 0 Å². The van der Waals surface area contributed by atoms with Crippen molar-refractivity contribution in [3.05, 3.63) is 36.3 Å². The third kappa shape index (κ3) is 2.75. The monoisotopic (exact) mass is 276 g/mol. The zero-order valence-electron chi connectivity index (χ0n) is 11.9. The minimum Gasteiger partial charge on any atom is -0.394 e. The van der Waals surface area contributed by atoms with Gasteiger partial charge in [-0.2, -0.15) is 5.10 Å². The van der Waals surface area contributed by atoms with Crippen LogP contribution in [0.2, 0.25) is 0 Å². The Balaban J connectivity index is 2.28. The Morgan fingerprint density at radius 3 is 2.60 bits per heavy atom. The minimum atomic E-state index is -0.264. The van der Waals surface area contributed by atoms with Crippen molar-refractivity contribution in [1.29, 1.82) is 0 Å². The summed E-state index contributed by atoms with van der Waals surface area (Å²) in [5, 5.41) is 16.3. The maximum absolute atomic E-state index is 12.4. The molecule has 0 aliphatic carbocycles. The summed E-state index contributed by atoms with van der Waals surface area (Å²) < 4.78 is 3.49. The van der Waals surface area contributed by atoms with Gasteiger partial charge in [0.2, 0.25) is 0 Å². The molecule has 2 rings (SSSR count). The summed E-state index contributed by atoms with van der Waals surface area (Å²) in [5.74, 6) is 0.637. The highest BCUT2D eigenvalue weighted by Gasteiger charge is 2.21. The quantitative estimate of drug-likeness (QED) is 0.854. The summed E-state index contributed by atoms with van der Waals surface area (Å²) in [6.45, 7) is 3.83. The minimum absolute atomic E-state index is 0.0808. The summed E-state index contributed by atoms with van der Waals surface area (Å²) in [7, 11) is 1.79. The van der Waals surface area contributed by atoms with Crippen molar-refractivity contribution in [2.24, 2.45) is 13.0 Å². The standard InChI is InChI=1S/C14H20N4O2/c1-10(2)12(9-19)16-13(20)11-8-15-17(3)14(11)18-6-4-5-7-18/h4-8,10,12,19H,9H2,1-3H3,(H,16,20)/t12-/m0/s1. The van der Waals surface area contributed by atoms with Gasteiger partial charge >= 0.3 is 0 Å². The SMILES string of the molecule is CC(C)[C@H](CO)NC(=O)c1cnn(C)c1-n1cccc1. The maximum atomic E-state index is 12.4. The van der Waals surface area contributed by atoms with E-state index >= 15 is 0 Å². The second-order valence-electron chi connectivity index (χ2n) is 5.10. The Kier molecular flexibility index (Phi) is 4.24. The molecule has 2 aromatic heterocycles. The fourth-order valence-corrected chi connectivity index (χ4v) is 2.04. The number of aryl methyl sites for hydroxylation is 1. The van der Waals surface area contributed by atoms with Gasteiger partial charge in [0.1, 0.15) is 11.4 Å². The number of nitrogens with zero attached hydrogens (tertiary/aromatic N) is 3. The Labute approximate surface area is 118 Å². The van der Waals surface area contributed by atoms with E-state index in [9.17, 15) is 9.90 Å². The van der Waals surface area contributed by atoms with Crippen molar-refractivity contribution in [2.75, 3.05) is 6.61 Å². The molecule has 6 heteroatoms. The van der Waals surface area contributed by atoms with Crippen molar-refractivity contribution in [3.63, 3.8) is 0 Å². The van der Waals surface area contributed by atoms with Gasteiger partial charge in [-0.15, -0.1) is 0 Å². The number of carbonyl (C=O) groups is 1. The summed E-state index contributed by atoms with van der Waals surface area (Å²) >= 11 is 0. The lowest BCUT2D eigenvalue weighted by atomic mass is 10.1. The van der Waals surface area contributed by atoms with Crippen LogP contribution in [0.15, 0.2) is 30.7 Å². The van der Waals surface area contributed by atoms with Crippen LogP contribution in [0.5, 0.6) is 0 Å². The number of rotatable bonds is 5. The van der Waals surface area contributed by atoms with E-state index in [1.165, 1.54) is 0 Å². The van der Waals surface area contributed by atoms with E-state index in [0.717, 1.165) is 0 Å². The Hall–Kier alpha value is -2.08. The molecule has 2 N–H and O–H groups in total. The van der Waals surface area contributed by atoms with Crippen LogP contribution in [0.3, 0.4) is 0 Å². The predicted molar refractivity (Wildman–Crippen MR) is 75.7 cm³/mol. The van der Waals surface area contributed by atoms with E-state index in [-0.39, 0.29) is 24.5 Å². The molecule has 108 valence electrons. The Morgan fingerprint density at radius 2 is 2.05 bits per heavy atom. The average Bonchev–Trinajstić information content (AvgIpc) is 3.03. The molecule has 0 spiro atoms. The fourth-order valence-electron chi connectivity index (χ4n) is 2.04. The van der Waals surface area contributed by atoms with Crippen LogP contribution < -0.4 is 5.32 Å². The van der Waals surface area contributed by atoms with Gasteiger partial charge in [0.25, 0.3) is 5.91 Å². The zero-order chi connectivity index (χ0) is 14.7. The average molecular weight is 276 g/mol. The van der Waals surface area contributed by atoms with Crippen molar-refractivity contribution >= 4 is 5.91 Å². The van der Waals surface area contributed by atoms with Crippen LogP contribution in [0.1, 0.15) is 24.2 Å². The molecule has 0 aliphatic heterocycles. The smallest absolute Gasteiger partial charge is 0.257 e. The summed E-state index contributed by atoms with van der Waals surface area (Å²) in [4.78, 5) is 12.4. The first-order valence-electron chi connectivity index (χ1n) is 6.61. The first-order valence-corrected chi connectivity index (χ1v) is 6.61. The van der Waals surface area contributed by atoms with E-state index in [2.05, 4.69) is 10.4 Å². The molecule has 0 aliphatic rings. The number of aliphatic hydroxyl groups excluding tert-OH is 1. The molecule has 6 nitrogen and oxygen atoms in total. The normalized spacial score (nSPS) is 12.7. The first-order chi connectivity index (χ1) is 9.54. The van der Waals surface area contributed by atoms with Gasteiger partial charge in [0.15, 0.2) is 0 Å². The van der Waals surface area contributed by atoms with Crippen LogP contribution >= 0.6 is 0 Å². The van der Waals surface area contributed by atoms with E-state index in [0.29, 0.717) is 11.4 Å². The molecule has 0 aromatic carbocycles. The van der Waals surface area contributed by atoms with E-state index < -0.39 is 0 Å². The van der Waals surface area contributed by atoms with E-state index in [1.54, 1.807) is 17.9 Å². The highest BCUT2D eigenvalue weighted by Crippen LogP contribution is 2.14. The molecule has 2 aromatic rings. The lowest BCUT2D eigenvalue weighted by Crippen LogP contribution is -2.41. The molecule has 0 fully saturated rings. The van der Waals surface area contributed by atoms with Gasteiger partial charge in [0, 0.05) is 19.4 Å². The molecule has 2 heterocycles. The van der Waals surface area contributed by atoms with Crippen molar-refractivity contribution in [3.8, 4) is 5.82 Å². The maximum Gasteiger partial charge on any atom is 0.257 e. The number of hydrogen-bond acceptors (Lipinski definition) is 3. The molecular weight excluding hydrogens is 256 g/mol. The van der Waals surface area contributed by atoms with Crippen LogP contribution in [0, 0.1) is 5.92 Å². The van der Waals surface area contributed by atoms with Crippen molar-refractivity contribution in [1.82, 2.24) is 19.7 Å². The summed E-state index contributed by atoms with van der Waals surface area (Å²) in [5.41, 5.74) is 0.489. The van der Waals surface area contributed by atoms with Gasteiger partial charge in [-0.3, -0.25) is 9.48 Å². The molecule has 0 unspecified atom stereocenters. The van der Waals surface area contributed by atoms with E-state index in [1.807, 2.05) is 42.9 Å². The summed E-state index contributed by atoms with van der Waals surface area (Å²) in [6.07, 6.45) is 5.26. The Bertz CT molecular complexity index is 572. The summed E-state index contributed by atoms with van der Waals surface area (Å²) in [6, 6.07) is 3.51. The van der Waals surface area contributed by atoms with Crippen molar-refractivity contribution < 1.29 is 9.90 Å². The van der Waals surface area contributed by atoms with Crippen LogP contribution in [-0.2, 0) is 7.05 Å². The second kappa shape index (κ2) is 5.92. The van der Waals surface area contributed by atoms with Crippen LogP contribution in [0.4, 0.5) is 0 Å². The molecule has 0 saturated heterocycles. The van der Waals surface area contributed by atoms with Crippen molar-refractivity contribution in [2.45, 2.75) is 19.9 Å². The van der Waals surface area contributed by atoms with E-state index in [4.69, 9.17) is 0 Å². The number of aliphatic hydroxyl groups is 1. The van der Waals surface area contributed by atoms with Gasteiger partial charge in [-0.05, 0) is 18.1 Å². The highest BCUT2D eigenvalue weighted by molar-refractivity contribution is 5.97. The third-order valence-electron chi connectivity index (χ3n) is 3.32. The molecular formula is C14H20N4O2. The molecule has 1 atom stereocenters. The number of nitrogens with one attached hydrogen (secondary N) is 1. The predicted octanol–water partition coefficient (Wildman–Crippen LogP) is 0.957. The topological polar surface area (TPSA) is 72.1 Å². The third-order valence-corrected chi connectivity index (χ3v) is 3.32. The first kappa shape index (κ1) is 14.3. The number of carbonyl (C=O) groups excluding carboxylic acids is 1. The number of aromatic nitrogens is 3. The largest absolute Gasteiger partial charge is 0.394 e. The number of hydrogen-bond donors (Lipinski definition) is 2. The van der Waals surface area contributed by atoms with Crippen LogP contribution in [-0.4, -0.2) is 38.0 Å². The molecule has 20 heavy (non-hydrogen) atoms. The lowest BCUT2D eigenvalue weighted by molar-refractivity contribution is 0.0897. The molecule has 0 bridgehead atoms. The molecule has 0 radical (unpaired) electrons. The zero-order valence-corrected chi connectivity index (χ0v) is 11.9. The molecule has 1 amide bonds. The Morgan fingerprint density at radius 1 is 1.40 bits per heavy atom. The van der Waals surface area contributed by atoms with Gasteiger partial charge < -0.3 is 15.0 Å². The fraction of sp³-hybridized carbons (Fsp3) is 0.429. The second-order valence-corrected chi connectivity index (χ2v) is 5.10. The lowest BCUT2D eigenvalue weighted by Gasteiger charge is -2.20. The van der Waals surface area contributed by atoms with Crippen LogP contribution in [0.25, 0.3) is 5.82 Å². The highest BCUT2D eigenvalue weighted by atomic mass is 16.3.